The quantitative estimate of drug-likeness (QED) is 0.895. The number of aromatic nitrogens is 1. The number of halogens is 2. The van der Waals surface area contributed by atoms with Crippen molar-refractivity contribution in [1.29, 1.82) is 0 Å². The SMILES string of the molecule is C[C@@]1(c2sc(-c3cncc(Cl)c3)cc2Cl)CCOC(N)=N1. The molecule has 0 unspecified atom stereocenters. The van der Waals surface area contributed by atoms with Crippen LogP contribution >= 0.6 is 34.5 Å². The Labute approximate surface area is 136 Å². The van der Waals surface area contributed by atoms with Gasteiger partial charge in [-0.1, -0.05) is 23.2 Å². The zero-order valence-corrected chi connectivity index (χ0v) is 13.6. The van der Waals surface area contributed by atoms with Crippen molar-refractivity contribution >= 4 is 40.6 Å². The van der Waals surface area contributed by atoms with Gasteiger partial charge in [-0.15, -0.1) is 11.3 Å². The second kappa shape index (κ2) is 5.48. The summed E-state index contributed by atoms with van der Waals surface area (Å²) in [6, 6.07) is 3.99. The summed E-state index contributed by atoms with van der Waals surface area (Å²) in [7, 11) is 0. The summed E-state index contributed by atoms with van der Waals surface area (Å²) in [6.07, 6.45) is 4.11. The standard InChI is InChI=1S/C14H13Cl2N3OS/c1-14(2-3-20-13(17)19-14)12-10(16)5-11(21-12)8-4-9(15)7-18-6-8/h4-7H,2-3H2,1H3,(H2,17,19)/t14-/m0/s1. The molecule has 0 aliphatic carbocycles. The first-order valence-corrected chi connectivity index (χ1v) is 7.94. The molecule has 1 aliphatic rings. The van der Waals surface area contributed by atoms with E-state index >= 15 is 0 Å². The van der Waals surface area contributed by atoms with E-state index in [0.29, 0.717) is 16.7 Å². The minimum absolute atomic E-state index is 0.208. The molecule has 0 saturated heterocycles. The number of ether oxygens (including phenoxy) is 1. The maximum absolute atomic E-state index is 6.41. The van der Waals surface area contributed by atoms with E-state index in [9.17, 15) is 0 Å². The van der Waals surface area contributed by atoms with Gasteiger partial charge in [-0.3, -0.25) is 4.98 Å². The van der Waals surface area contributed by atoms with Gasteiger partial charge in [0.25, 0.3) is 6.02 Å². The van der Waals surface area contributed by atoms with E-state index < -0.39 is 5.54 Å². The fourth-order valence-corrected chi connectivity index (χ4v) is 4.09. The van der Waals surface area contributed by atoms with Gasteiger partial charge >= 0.3 is 0 Å². The van der Waals surface area contributed by atoms with E-state index in [-0.39, 0.29) is 6.02 Å². The normalized spacial score (nSPS) is 21.8. The maximum Gasteiger partial charge on any atom is 0.282 e. The lowest BCUT2D eigenvalue weighted by atomic mass is 9.96. The highest BCUT2D eigenvalue weighted by Gasteiger charge is 2.34. The van der Waals surface area contributed by atoms with E-state index in [4.69, 9.17) is 33.7 Å². The van der Waals surface area contributed by atoms with Crippen LogP contribution in [0.3, 0.4) is 0 Å². The smallest absolute Gasteiger partial charge is 0.282 e. The van der Waals surface area contributed by atoms with E-state index in [1.54, 1.807) is 23.7 Å². The zero-order chi connectivity index (χ0) is 15.0. The summed E-state index contributed by atoms with van der Waals surface area (Å²) in [5.41, 5.74) is 6.19. The Kier molecular flexibility index (Phi) is 3.82. The molecule has 3 rings (SSSR count). The lowest BCUT2D eigenvalue weighted by Gasteiger charge is -2.28. The minimum atomic E-state index is -0.450. The maximum atomic E-state index is 6.41. The third-order valence-electron chi connectivity index (χ3n) is 3.36. The predicted octanol–water partition coefficient (Wildman–Crippen LogP) is 4.07. The molecule has 21 heavy (non-hydrogen) atoms. The van der Waals surface area contributed by atoms with Crippen molar-refractivity contribution < 1.29 is 4.74 Å². The van der Waals surface area contributed by atoms with Crippen LogP contribution in [0.2, 0.25) is 10.0 Å². The van der Waals surface area contributed by atoms with Crippen molar-refractivity contribution in [2.24, 2.45) is 10.7 Å². The van der Waals surface area contributed by atoms with Crippen LogP contribution in [0.5, 0.6) is 0 Å². The van der Waals surface area contributed by atoms with Crippen molar-refractivity contribution in [2.75, 3.05) is 6.61 Å². The van der Waals surface area contributed by atoms with Gasteiger partial charge in [0.1, 0.15) is 5.54 Å². The van der Waals surface area contributed by atoms with Crippen LogP contribution in [-0.2, 0) is 10.3 Å². The Morgan fingerprint density at radius 2 is 2.14 bits per heavy atom. The molecular weight excluding hydrogens is 329 g/mol. The monoisotopic (exact) mass is 341 g/mol. The van der Waals surface area contributed by atoms with Gasteiger partial charge in [0.15, 0.2) is 0 Å². The van der Waals surface area contributed by atoms with Gasteiger partial charge in [0, 0.05) is 29.3 Å². The molecule has 1 aliphatic heterocycles. The largest absolute Gasteiger partial charge is 0.465 e. The second-order valence-corrected chi connectivity index (χ2v) is 6.90. The lowest BCUT2D eigenvalue weighted by molar-refractivity contribution is 0.220. The summed E-state index contributed by atoms with van der Waals surface area (Å²) in [5, 5.41) is 1.27. The fourth-order valence-electron chi connectivity index (χ4n) is 2.27. The fraction of sp³-hybridized carbons (Fsp3) is 0.286. The number of aliphatic imine (C=N–C) groups is 1. The van der Waals surface area contributed by atoms with Crippen molar-refractivity contribution in [3.8, 4) is 10.4 Å². The molecule has 2 aromatic heterocycles. The van der Waals surface area contributed by atoms with Gasteiger partial charge in [-0.2, -0.15) is 0 Å². The van der Waals surface area contributed by atoms with Crippen LogP contribution in [0.15, 0.2) is 29.5 Å². The van der Waals surface area contributed by atoms with Crippen LogP contribution < -0.4 is 5.73 Å². The molecule has 0 fully saturated rings. The highest BCUT2D eigenvalue weighted by atomic mass is 35.5. The number of thiophene rings is 1. The molecule has 110 valence electrons. The Hall–Kier alpha value is -1.30. The highest BCUT2D eigenvalue weighted by Crippen LogP contribution is 2.44. The average Bonchev–Trinajstić information content (AvgIpc) is 2.81. The van der Waals surface area contributed by atoms with Crippen LogP contribution in [0.25, 0.3) is 10.4 Å². The average molecular weight is 342 g/mol. The first kappa shape index (κ1) is 14.6. The zero-order valence-electron chi connectivity index (χ0n) is 11.3. The Balaban J connectivity index is 2.04. The number of hydrogen-bond acceptors (Lipinski definition) is 5. The summed E-state index contributed by atoms with van der Waals surface area (Å²) < 4.78 is 5.20. The summed E-state index contributed by atoms with van der Waals surface area (Å²) >= 11 is 14.0. The molecule has 0 bridgehead atoms. The molecule has 0 saturated carbocycles. The van der Waals surface area contributed by atoms with Crippen molar-refractivity contribution in [3.05, 3.63) is 39.4 Å². The number of pyridine rings is 1. The first-order chi connectivity index (χ1) is 9.98. The second-order valence-electron chi connectivity index (χ2n) is 5.00. The molecule has 7 heteroatoms. The number of amidine groups is 1. The topological polar surface area (TPSA) is 60.5 Å². The van der Waals surface area contributed by atoms with Gasteiger partial charge in [0.05, 0.1) is 21.5 Å². The van der Waals surface area contributed by atoms with Gasteiger partial charge in [-0.25, -0.2) is 4.99 Å². The summed E-state index contributed by atoms with van der Waals surface area (Å²) in [5.74, 6) is 0. The van der Waals surface area contributed by atoms with Crippen LogP contribution in [0.4, 0.5) is 0 Å². The third-order valence-corrected chi connectivity index (χ3v) is 5.42. The predicted molar refractivity (Wildman–Crippen MR) is 87.1 cm³/mol. The molecule has 0 aromatic carbocycles. The van der Waals surface area contributed by atoms with Crippen LogP contribution in [-0.4, -0.2) is 17.6 Å². The van der Waals surface area contributed by atoms with E-state index in [1.165, 1.54) is 0 Å². The summed E-state index contributed by atoms with van der Waals surface area (Å²) in [6.45, 7) is 2.55. The molecule has 0 spiro atoms. The molecule has 2 aromatic rings. The van der Waals surface area contributed by atoms with Gasteiger partial charge in [0.2, 0.25) is 0 Å². The van der Waals surface area contributed by atoms with Crippen LogP contribution in [0.1, 0.15) is 18.2 Å². The molecule has 0 radical (unpaired) electrons. The van der Waals surface area contributed by atoms with Gasteiger partial charge in [-0.05, 0) is 19.1 Å². The van der Waals surface area contributed by atoms with Crippen molar-refractivity contribution in [2.45, 2.75) is 18.9 Å². The van der Waals surface area contributed by atoms with E-state index in [0.717, 1.165) is 21.7 Å². The minimum Gasteiger partial charge on any atom is -0.465 e. The van der Waals surface area contributed by atoms with Crippen molar-refractivity contribution in [1.82, 2.24) is 4.98 Å². The van der Waals surface area contributed by atoms with Crippen molar-refractivity contribution in [3.63, 3.8) is 0 Å². The number of nitrogens with two attached hydrogens (primary N) is 1. The number of hydrogen-bond donors (Lipinski definition) is 1. The Morgan fingerprint density at radius 1 is 1.33 bits per heavy atom. The van der Waals surface area contributed by atoms with E-state index in [1.807, 2.05) is 19.1 Å². The number of rotatable bonds is 2. The molecule has 2 N–H and O–H groups in total. The number of nitrogens with zero attached hydrogens (tertiary/aromatic N) is 2. The van der Waals surface area contributed by atoms with E-state index in [2.05, 4.69) is 9.98 Å². The lowest BCUT2D eigenvalue weighted by Crippen LogP contribution is -2.33. The molecule has 4 nitrogen and oxygen atoms in total. The first-order valence-electron chi connectivity index (χ1n) is 6.37. The highest BCUT2D eigenvalue weighted by molar-refractivity contribution is 7.16. The molecule has 1 atom stereocenters. The molecule has 3 heterocycles. The Morgan fingerprint density at radius 3 is 2.86 bits per heavy atom. The molecular formula is C14H13Cl2N3OS. The van der Waals surface area contributed by atoms with Crippen LogP contribution in [0, 0.1) is 0 Å². The molecule has 0 amide bonds. The summed E-state index contributed by atoms with van der Waals surface area (Å²) in [4.78, 5) is 10.5. The van der Waals surface area contributed by atoms with Gasteiger partial charge < -0.3 is 10.5 Å². The third kappa shape index (κ3) is 2.86. The Bertz CT molecular complexity index is 716.